The van der Waals surface area contributed by atoms with E-state index in [1.807, 2.05) is 6.92 Å². The second-order valence-corrected chi connectivity index (χ2v) is 3.44. The monoisotopic (exact) mass is 229 g/mol. The molecule has 1 N–H and O–H groups in total. The number of carboxylic acids is 1. The van der Waals surface area contributed by atoms with E-state index in [4.69, 9.17) is 5.11 Å². The molecule has 0 saturated carbocycles. The van der Waals surface area contributed by atoms with Crippen LogP contribution in [0.4, 0.5) is 0 Å². The quantitative estimate of drug-likeness (QED) is 0.868. The molecule has 0 radical (unpaired) electrons. The number of carbonyl (C=O) groups is 1. The molecular weight excluding hydrogens is 218 g/mol. The molecule has 0 fully saturated rings. The zero-order chi connectivity index (χ0) is 12.3. The van der Waals surface area contributed by atoms with Crippen molar-refractivity contribution >= 4 is 5.97 Å². The van der Waals surface area contributed by atoms with Gasteiger partial charge in [0.2, 0.25) is 0 Å². The molecule has 0 aliphatic carbocycles. The first-order valence-corrected chi connectivity index (χ1v) is 5.22. The van der Waals surface area contributed by atoms with Gasteiger partial charge in [0, 0.05) is 30.6 Å². The SMILES string of the molecule is CCc1ncc(C(=O)O)c(-c2ccncc2)n1. The van der Waals surface area contributed by atoms with Gasteiger partial charge in [-0.25, -0.2) is 14.8 Å². The first kappa shape index (κ1) is 11.2. The van der Waals surface area contributed by atoms with E-state index in [-0.39, 0.29) is 5.56 Å². The van der Waals surface area contributed by atoms with Gasteiger partial charge < -0.3 is 5.11 Å². The van der Waals surface area contributed by atoms with E-state index in [9.17, 15) is 4.79 Å². The summed E-state index contributed by atoms with van der Waals surface area (Å²) in [6, 6.07) is 3.46. The summed E-state index contributed by atoms with van der Waals surface area (Å²) in [4.78, 5) is 23.3. The summed E-state index contributed by atoms with van der Waals surface area (Å²) in [5.74, 6) is -0.402. The molecule has 2 aromatic rings. The highest BCUT2D eigenvalue weighted by molar-refractivity contribution is 5.94. The van der Waals surface area contributed by atoms with Crippen LogP contribution in [-0.4, -0.2) is 26.0 Å². The molecule has 86 valence electrons. The third-order valence-electron chi connectivity index (χ3n) is 2.34. The van der Waals surface area contributed by atoms with Crippen molar-refractivity contribution in [1.82, 2.24) is 15.0 Å². The van der Waals surface area contributed by atoms with Gasteiger partial charge in [0.1, 0.15) is 11.4 Å². The van der Waals surface area contributed by atoms with Gasteiger partial charge in [-0.15, -0.1) is 0 Å². The summed E-state index contributed by atoms with van der Waals surface area (Å²) in [6.45, 7) is 1.92. The van der Waals surface area contributed by atoms with Crippen molar-refractivity contribution in [3.8, 4) is 11.3 Å². The maximum Gasteiger partial charge on any atom is 0.339 e. The Balaban J connectivity index is 2.61. The molecule has 0 atom stereocenters. The molecule has 17 heavy (non-hydrogen) atoms. The van der Waals surface area contributed by atoms with E-state index < -0.39 is 5.97 Å². The van der Waals surface area contributed by atoms with Crippen LogP contribution < -0.4 is 0 Å². The second kappa shape index (κ2) is 4.69. The number of carboxylic acid groups (broad SMARTS) is 1. The Morgan fingerprint density at radius 1 is 1.35 bits per heavy atom. The van der Waals surface area contributed by atoms with E-state index in [0.717, 1.165) is 5.56 Å². The van der Waals surface area contributed by atoms with Crippen molar-refractivity contribution in [2.75, 3.05) is 0 Å². The third-order valence-corrected chi connectivity index (χ3v) is 2.34. The Kier molecular flexibility index (Phi) is 3.09. The van der Waals surface area contributed by atoms with Gasteiger partial charge in [-0.05, 0) is 12.1 Å². The Bertz CT molecular complexity index is 541. The molecule has 5 heteroatoms. The zero-order valence-electron chi connectivity index (χ0n) is 9.29. The van der Waals surface area contributed by atoms with Gasteiger partial charge in [0.25, 0.3) is 0 Å². The van der Waals surface area contributed by atoms with Crippen LogP contribution in [0.1, 0.15) is 23.1 Å². The van der Waals surface area contributed by atoms with Crippen molar-refractivity contribution in [2.24, 2.45) is 0 Å². The smallest absolute Gasteiger partial charge is 0.339 e. The number of hydrogen-bond donors (Lipinski definition) is 1. The maximum atomic E-state index is 11.1. The first-order valence-electron chi connectivity index (χ1n) is 5.22. The minimum Gasteiger partial charge on any atom is -0.478 e. The van der Waals surface area contributed by atoms with Crippen LogP contribution in [0, 0.1) is 0 Å². The molecule has 0 amide bonds. The van der Waals surface area contributed by atoms with Gasteiger partial charge in [0.15, 0.2) is 0 Å². The molecule has 2 rings (SSSR count). The molecule has 0 spiro atoms. The maximum absolute atomic E-state index is 11.1. The van der Waals surface area contributed by atoms with Crippen molar-refractivity contribution in [1.29, 1.82) is 0 Å². The van der Waals surface area contributed by atoms with E-state index in [1.54, 1.807) is 24.5 Å². The number of pyridine rings is 1. The Morgan fingerprint density at radius 3 is 2.65 bits per heavy atom. The van der Waals surface area contributed by atoms with Gasteiger partial charge in [0.05, 0.1) is 5.69 Å². The number of rotatable bonds is 3. The minimum absolute atomic E-state index is 0.105. The Hall–Kier alpha value is -2.30. The summed E-state index contributed by atoms with van der Waals surface area (Å²) < 4.78 is 0. The van der Waals surface area contributed by atoms with Gasteiger partial charge in [-0.2, -0.15) is 0 Å². The molecule has 2 aromatic heterocycles. The predicted octanol–water partition coefficient (Wildman–Crippen LogP) is 1.80. The predicted molar refractivity (Wildman–Crippen MR) is 61.6 cm³/mol. The van der Waals surface area contributed by atoms with Crippen LogP contribution in [-0.2, 0) is 6.42 Å². The summed E-state index contributed by atoms with van der Waals surface area (Å²) in [6.07, 6.45) is 5.23. The molecule has 0 aliphatic heterocycles. The average Bonchev–Trinajstić information content (AvgIpc) is 2.39. The van der Waals surface area contributed by atoms with Crippen LogP contribution in [0.5, 0.6) is 0 Å². The van der Waals surface area contributed by atoms with Crippen molar-refractivity contribution in [3.05, 3.63) is 42.1 Å². The highest BCUT2D eigenvalue weighted by atomic mass is 16.4. The highest BCUT2D eigenvalue weighted by Gasteiger charge is 2.14. The lowest BCUT2D eigenvalue weighted by molar-refractivity contribution is 0.0697. The lowest BCUT2D eigenvalue weighted by Gasteiger charge is -2.06. The van der Waals surface area contributed by atoms with E-state index in [1.165, 1.54) is 6.20 Å². The minimum atomic E-state index is -1.03. The van der Waals surface area contributed by atoms with Crippen LogP contribution in [0.15, 0.2) is 30.7 Å². The molecule has 0 unspecified atom stereocenters. The molecule has 0 aliphatic rings. The molecule has 0 bridgehead atoms. The largest absolute Gasteiger partial charge is 0.478 e. The van der Waals surface area contributed by atoms with Gasteiger partial charge in [-0.3, -0.25) is 4.98 Å². The van der Waals surface area contributed by atoms with Gasteiger partial charge >= 0.3 is 5.97 Å². The number of aromatic carboxylic acids is 1. The topological polar surface area (TPSA) is 76.0 Å². The summed E-state index contributed by atoms with van der Waals surface area (Å²) in [5, 5.41) is 9.09. The summed E-state index contributed by atoms with van der Waals surface area (Å²) >= 11 is 0. The van der Waals surface area contributed by atoms with E-state index in [0.29, 0.717) is 17.9 Å². The molecular formula is C12H11N3O2. The summed E-state index contributed by atoms with van der Waals surface area (Å²) in [5.41, 5.74) is 1.27. The van der Waals surface area contributed by atoms with Crippen LogP contribution in [0.2, 0.25) is 0 Å². The zero-order valence-corrected chi connectivity index (χ0v) is 9.29. The van der Waals surface area contributed by atoms with Gasteiger partial charge in [-0.1, -0.05) is 6.92 Å². The van der Waals surface area contributed by atoms with Crippen LogP contribution >= 0.6 is 0 Å². The summed E-state index contributed by atoms with van der Waals surface area (Å²) in [7, 11) is 0. The van der Waals surface area contributed by atoms with Crippen molar-refractivity contribution < 1.29 is 9.90 Å². The lowest BCUT2D eigenvalue weighted by atomic mass is 10.1. The van der Waals surface area contributed by atoms with Crippen molar-refractivity contribution in [2.45, 2.75) is 13.3 Å². The molecule has 0 aromatic carbocycles. The van der Waals surface area contributed by atoms with Crippen molar-refractivity contribution in [3.63, 3.8) is 0 Å². The standard InChI is InChI=1S/C12H11N3O2/c1-2-10-14-7-9(12(16)17)11(15-10)8-3-5-13-6-4-8/h3-7H,2H2,1H3,(H,16,17). The average molecular weight is 229 g/mol. The molecule has 5 nitrogen and oxygen atoms in total. The second-order valence-electron chi connectivity index (χ2n) is 3.44. The fourth-order valence-corrected chi connectivity index (χ4v) is 1.48. The normalized spacial score (nSPS) is 10.2. The Labute approximate surface area is 98.2 Å². The number of nitrogens with zero attached hydrogens (tertiary/aromatic N) is 3. The Morgan fingerprint density at radius 2 is 2.06 bits per heavy atom. The first-order chi connectivity index (χ1) is 8.22. The fraction of sp³-hybridized carbons (Fsp3) is 0.167. The van der Waals surface area contributed by atoms with Crippen LogP contribution in [0.3, 0.4) is 0 Å². The number of aryl methyl sites for hydroxylation is 1. The van der Waals surface area contributed by atoms with E-state index in [2.05, 4.69) is 15.0 Å². The fourth-order valence-electron chi connectivity index (χ4n) is 1.48. The number of aromatic nitrogens is 3. The van der Waals surface area contributed by atoms with E-state index >= 15 is 0 Å². The number of hydrogen-bond acceptors (Lipinski definition) is 4. The molecule has 0 saturated heterocycles. The lowest BCUT2D eigenvalue weighted by Crippen LogP contribution is -2.05. The van der Waals surface area contributed by atoms with Crippen LogP contribution in [0.25, 0.3) is 11.3 Å². The third kappa shape index (κ3) is 2.28. The highest BCUT2D eigenvalue weighted by Crippen LogP contribution is 2.20. The molecule has 2 heterocycles.